The summed E-state index contributed by atoms with van der Waals surface area (Å²) in [5, 5.41) is 10.0. The van der Waals surface area contributed by atoms with Crippen LogP contribution in [-0.4, -0.2) is 11.3 Å². The summed E-state index contributed by atoms with van der Waals surface area (Å²) in [5.74, 6) is 0.148. The summed E-state index contributed by atoms with van der Waals surface area (Å²) >= 11 is 5.78. The van der Waals surface area contributed by atoms with Gasteiger partial charge in [-0.2, -0.15) is 0 Å². The summed E-state index contributed by atoms with van der Waals surface area (Å²) in [6, 6.07) is 4.81. The van der Waals surface area contributed by atoms with Crippen LogP contribution in [0.4, 0.5) is 5.69 Å². The molecule has 1 aromatic carbocycles. The van der Waals surface area contributed by atoms with Gasteiger partial charge in [0.15, 0.2) is 0 Å². The van der Waals surface area contributed by atoms with Gasteiger partial charge in [-0.05, 0) is 23.6 Å². The average Bonchev–Trinajstić information content (AvgIpc) is 2.05. The Morgan fingerprint density at radius 2 is 2.00 bits per heavy atom. The fraction of sp³-hybridized carbons (Fsp3) is 0.364. The number of hydrogen-bond acceptors (Lipinski definition) is 2. The van der Waals surface area contributed by atoms with Gasteiger partial charge in [-0.25, -0.2) is 0 Å². The van der Waals surface area contributed by atoms with Gasteiger partial charge in [0.2, 0.25) is 0 Å². The summed E-state index contributed by atoms with van der Waals surface area (Å²) in [7, 11) is 0. The lowest BCUT2D eigenvalue weighted by Gasteiger charge is -2.10. The molecule has 14 heavy (non-hydrogen) atoms. The summed E-state index contributed by atoms with van der Waals surface area (Å²) in [4.78, 5) is 4.18. The molecule has 1 N–H and O–H groups in total. The number of halogens is 1. The quantitative estimate of drug-likeness (QED) is 0.705. The molecule has 0 radical (unpaired) electrons. The zero-order valence-corrected chi connectivity index (χ0v) is 9.34. The van der Waals surface area contributed by atoms with E-state index in [-0.39, 0.29) is 11.2 Å². The van der Waals surface area contributed by atoms with Gasteiger partial charge in [-0.15, -0.1) is 0 Å². The molecule has 0 amide bonds. The SMILES string of the molecule is CC(C)(C)/C=N/c1cc(Cl)ccc1O. The van der Waals surface area contributed by atoms with Crippen LogP contribution in [0.3, 0.4) is 0 Å². The van der Waals surface area contributed by atoms with Crippen LogP contribution >= 0.6 is 11.6 Å². The second-order valence-corrected chi connectivity index (χ2v) is 4.69. The highest BCUT2D eigenvalue weighted by Gasteiger charge is 2.06. The van der Waals surface area contributed by atoms with E-state index in [4.69, 9.17) is 11.6 Å². The van der Waals surface area contributed by atoms with Crippen molar-refractivity contribution in [1.82, 2.24) is 0 Å². The molecule has 0 bridgehead atoms. The van der Waals surface area contributed by atoms with E-state index in [2.05, 4.69) is 4.99 Å². The molecule has 76 valence electrons. The molecular formula is C11H14ClNO. The minimum Gasteiger partial charge on any atom is -0.506 e. The smallest absolute Gasteiger partial charge is 0.141 e. The molecule has 3 heteroatoms. The topological polar surface area (TPSA) is 32.6 Å². The molecule has 0 fully saturated rings. The number of phenols is 1. The predicted molar refractivity (Wildman–Crippen MR) is 60.7 cm³/mol. The van der Waals surface area contributed by atoms with Crippen molar-refractivity contribution in [3.63, 3.8) is 0 Å². The number of aromatic hydroxyl groups is 1. The summed E-state index contributed by atoms with van der Waals surface area (Å²) < 4.78 is 0. The summed E-state index contributed by atoms with van der Waals surface area (Å²) in [6.45, 7) is 6.12. The van der Waals surface area contributed by atoms with Crippen molar-refractivity contribution in [2.75, 3.05) is 0 Å². The first-order valence-corrected chi connectivity index (χ1v) is 4.80. The number of nitrogens with zero attached hydrogens (tertiary/aromatic N) is 1. The van der Waals surface area contributed by atoms with Crippen LogP contribution in [0.25, 0.3) is 0 Å². The largest absolute Gasteiger partial charge is 0.506 e. The highest BCUT2D eigenvalue weighted by molar-refractivity contribution is 6.30. The van der Waals surface area contributed by atoms with Crippen molar-refractivity contribution in [2.24, 2.45) is 10.4 Å². The second kappa shape index (κ2) is 4.01. The number of hydrogen-bond donors (Lipinski definition) is 1. The maximum absolute atomic E-state index is 9.46. The van der Waals surface area contributed by atoms with Gasteiger partial charge in [0.1, 0.15) is 11.4 Å². The fourth-order valence-corrected chi connectivity index (χ4v) is 1.03. The maximum Gasteiger partial charge on any atom is 0.141 e. The van der Waals surface area contributed by atoms with Crippen molar-refractivity contribution in [1.29, 1.82) is 0 Å². The minimum absolute atomic E-state index is 0.00520. The van der Waals surface area contributed by atoms with E-state index in [1.54, 1.807) is 18.3 Å². The van der Waals surface area contributed by atoms with E-state index in [0.29, 0.717) is 10.7 Å². The highest BCUT2D eigenvalue weighted by Crippen LogP contribution is 2.29. The Bertz CT molecular complexity index is 353. The van der Waals surface area contributed by atoms with Crippen molar-refractivity contribution < 1.29 is 5.11 Å². The number of aliphatic imine (C=N–C) groups is 1. The molecular weight excluding hydrogens is 198 g/mol. The van der Waals surface area contributed by atoms with E-state index < -0.39 is 0 Å². The van der Waals surface area contributed by atoms with Gasteiger partial charge in [-0.3, -0.25) is 4.99 Å². The summed E-state index contributed by atoms with van der Waals surface area (Å²) in [5.41, 5.74) is 0.502. The van der Waals surface area contributed by atoms with E-state index in [1.807, 2.05) is 20.8 Å². The summed E-state index contributed by atoms with van der Waals surface area (Å²) in [6.07, 6.45) is 1.79. The Morgan fingerprint density at radius 3 is 2.57 bits per heavy atom. The van der Waals surface area contributed by atoms with Crippen LogP contribution in [0.1, 0.15) is 20.8 Å². The molecule has 0 atom stereocenters. The molecule has 0 aliphatic carbocycles. The first-order chi connectivity index (χ1) is 6.38. The van der Waals surface area contributed by atoms with Gasteiger partial charge in [0.05, 0.1) is 0 Å². The lowest BCUT2D eigenvalue weighted by Crippen LogP contribution is -2.05. The monoisotopic (exact) mass is 211 g/mol. The van der Waals surface area contributed by atoms with Crippen molar-refractivity contribution in [3.8, 4) is 5.75 Å². The van der Waals surface area contributed by atoms with E-state index in [1.165, 1.54) is 6.07 Å². The van der Waals surface area contributed by atoms with Crippen molar-refractivity contribution in [2.45, 2.75) is 20.8 Å². The molecule has 0 heterocycles. The molecule has 0 saturated heterocycles. The van der Waals surface area contributed by atoms with Crippen LogP contribution in [0.2, 0.25) is 5.02 Å². The molecule has 2 nitrogen and oxygen atoms in total. The number of phenolic OH excluding ortho intramolecular Hbond substituents is 1. The predicted octanol–water partition coefficient (Wildman–Crippen LogP) is 3.79. The van der Waals surface area contributed by atoms with E-state index in [9.17, 15) is 5.11 Å². The molecule has 0 spiro atoms. The molecule has 0 aliphatic heterocycles. The first-order valence-electron chi connectivity index (χ1n) is 4.42. The number of benzene rings is 1. The third-order valence-corrected chi connectivity index (χ3v) is 1.76. The van der Waals surface area contributed by atoms with Gasteiger partial charge in [0, 0.05) is 11.2 Å². The maximum atomic E-state index is 9.46. The van der Waals surface area contributed by atoms with E-state index >= 15 is 0 Å². The molecule has 0 unspecified atom stereocenters. The van der Waals surface area contributed by atoms with Crippen LogP contribution in [0, 0.1) is 5.41 Å². The first kappa shape index (κ1) is 11.1. The Morgan fingerprint density at radius 1 is 1.36 bits per heavy atom. The molecule has 0 aliphatic rings. The lowest BCUT2D eigenvalue weighted by atomic mass is 9.99. The fourth-order valence-electron chi connectivity index (χ4n) is 0.863. The average molecular weight is 212 g/mol. The third kappa shape index (κ3) is 3.38. The van der Waals surface area contributed by atoms with Gasteiger partial charge in [-0.1, -0.05) is 32.4 Å². The van der Waals surface area contributed by atoms with Crippen molar-refractivity contribution >= 4 is 23.5 Å². The zero-order chi connectivity index (χ0) is 10.8. The van der Waals surface area contributed by atoms with Crippen LogP contribution < -0.4 is 0 Å². The Kier molecular flexibility index (Phi) is 3.17. The third-order valence-electron chi connectivity index (χ3n) is 1.53. The van der Waals surface area contributed by atoms with Crippen LogP contribution in [0.5, 0.6) is 5.75 Å². The molecule has 0 saturated carbocycles. The molecule has 1 rings (SSSR count). The Labute approximate surface area is 89.2 Å². The Balaban J connectivity index is 2.97. The second-order valence-electron chi connectivity index (χ2n) is 4.26. The van der Waals surface area contributed by atoms with Gasteiger partial charge in [0.25, 0.3) is 0 Å². The van der Waals surface area contributed by atoms with Crippen LogP contribution in [-0.2, 0) is 0 Å². The minimum atomic E-state index is -0.00520. The highest BCUT2D eigenvalue weighted by atomic mass is 35.5. The standard InChI is InChI=1S/C11H14ClNO/c1-11(2,3)7-13-9-6-8(12)4-5-10(9)14/h4-7,14H,1-3H3/b13-7+. The zero-order valence-electron chi connectivity index (χ0n) is 8.58. The van der Waals surface area contributed by atoms with Crippen molar-refractivity contribution in [3.05, 3.63) is 23.2 Å². The number of rotatable bonds is 1. The Hall–Kier alpha value is -1.02. The van der Waals surface area contributed by atoms with Gasteiger partial charge < -0.3 is 5.11 Å². The molecule has 0 aromatic heterocycles. The van der Waals surface area contributed by atoms with Crippen LogP contribution in [0.15, 0.2) is 23.2 Å². The normalized spacial score (nSPS) is 12.3. The van der Waals surface area contributed by atoms with E-state index in [0.717, 1.165) is 0 Å². The van der Waals surface area contributed by atoms with Gasteiger partial charge >= 0.3 is 0 Å². The lowest BCUT2D eigenvalue weighted by molar-refractivity contribution is 0.477. The molecule has 1 aromatic rings.